The zero-order valence-corrected chi connectivity index (χ0v) is 10.9. The summed E-state index contributed by atoms with van der Waals surface area (Å²) in [6, 6.07) is 8.26. The van der Waals surface area contributed by atoms with Crippen LogP contribution in [-0.2, 0) is 11.2 Å². The zero-order valence-electron chi connectivity index (χ0n) is 10.9. The third-order valence-corrected chi connectivity index (χ3v) is 3.57. The molecular formula is C15H16N2O2. The number of aryl methyl sites for hydroxylation is 1. The lowest BCUT2D eigenvalue weighted by atomic mass is 10.1. The summed E-state index contributed by atoms with van der Waals surface area (Å²) in [4.78, 5) is 16.0. The molecule has 1 aliphatic carbocycles. The summed E-state index contributed by atoms with van der Waals surface area (Å²) in [5, 5.41) is 3.97. The summed E-state index contributed by atoms with van der Waals surface area (Å²) in [6.07, 6.45) is 3.05. The van der Waals surface area contributed by atoms with Crippen LogP contribution in [0.25, 0.3) is 0 Å². The third-order valence-electron chi connectivity index (χ3n) is 3.57. The minimum atomic E-state index is -0.167. The van der Waals surface area contributed by atoms with E-state index in [-0.39, 0.29) is 11.7 Å². The van der Waals surface area contributed by atoms with Gasteiger partial charge in [-0.25, -0.2) is 0 Å². The van der Waals surface area contributed by atoms with Crippen LogP contribution >= 0.6 is 0 Å². The van der Waals surface area contributed by atoms with E-state index >= 15 is 0 Å². The third kappa shape index (κ3) is 2.57. The number of carbonyl (C=O) groups excluding carboxylic acids is 1. The van der Waals surface area contributed by atoms with Crippen molar-refractivity contribution in [1.29, 1.82) is 0 Å². The molecule has 4 nitrogen and oxygen atoms in total. The fourth-order valence-corrected chi connectivity index (χ4v) is 2.45. The lowest BCUT2D eigenvalue weighted by Gasteiger charge is -1.99. The number of Topliss-reactive ketones (excluding diaryl/α,β-unsaturated/α-hetero) is 1. The Bertz CT molecular complexity index is 586. The van der Waals surface area contributed by atoms with Crippen LogP contribution in [0.15, 0.2) is 28.8 Å². The number of hydrogen-bond donors (Lipinski definition) is 0. The number of benzene rings is 1. The van der Waals surface area contributed by atoms with E-state index in [2.05, 4.69) is 41.3 Å². The van der Waals surface area contributed by atoms with Crippen LogP contribution in [0.2, 0.25) is 0 Å². The normalized spacial score (nSPS) is 19.0. The van der Waals surface area contributed by atoms with E-state index in [1.54, 1.807) is 0 Å². The first kappa shape index (κ1) is 12.1. The Morgan fingerprint density at radius 3 is 2.79 bits per heavy atom. The van der Waals surface area contributed by atoms with Gasteiger partial charge in [0.15, 0.2) is 5.82 Å². The van der Waals surface area contributed by atoms with Gasteiger partial charge in [0.25, 0.3) is 0 Å². The van der Waals surface area contributed by atoms with Crippen LogP contribution < -0.4 is 0 Å². The van der Waals surface area contributed by atoms with Gasteiger partial charge >= 0.3 is 0 Å². The minimum Gasteiger partial charge on any atom is -0.339 e. The molecule has 3 rings (SSSR count). The number of nitrogens with zero attached hydrogens (tertiary/aromatic N) is 2. The van der Waals surface area contributed by atoms with Crippen molar-refractivity contribution < 1.29 is 9.32 Å². The number of ketones is 1. The van der Waals surface area contributed by atoms with Gasteiger partial charge in [0, 0.05) is 12.8 Å². The molecule has 1 saturated carbocycles. The molecule has 1 atom stereocenters. The molecule has 1 unspecified atom stereocenters. The topological polar surface area (TPSA) is 56.0 Å². The maximum Gasteiger partial charge on any atom is 0.237 e. The van der Waals surface area contributed by atoms with Crippen molar-refractivity contribution in [3.8, 4) is 0 Å². The molecule has 0 amide bonds. The van der Waals surface area contributed by atoms with Crippen molar-refractivity contribution in [2.24, 2.45) is 0 Å². The Labute approximate surface area is 111 Å². The van der Waals surface area contributed by atoms with E-state index in [9.17, 15) is 4.79 Å². The molecule has 19 heavy (non-hydrogen) atoms. The molecule has 0 N–H and O–H groups in total. The Morgan fingerprint density at radius 1 is 1.32 bits per heavy atom. The van der Waals surface area contributed by atoms with Crippen LogP contribution in [-0.4, -0.2) is 15.9 Å². The Hall–Kier alpha value is -1.97. The highest BCUT2D eigenvalue weighted by Gasteiger charge is 2.30. The van der Waals surface area contributed by atoms with E-state index < -0.39 is 0 Å². The highest BCUT2D eigenvalue weighted by Crippen LogP contribution is 2.30. The first-order valence-electron chi connectivity index (χ1n) is 6.63. The van der Waals surface area contributed by atoms with Gasteiger partial charge in [0.1, 0.15) is 5.78 Å². The summed E-state index contributed by atoms with van der Waals surface area (Å²) >= 11 is 0. The average Bonchev–Trinajstić information content (AvgIpc) is 3.01. The molecular weight excluding hydrogens is 240 g/mol. The van der Waals surface area contributed by atoms with Crippen molar-refractivity contribution in [3.05, 3.63) is 47.1 Å². The van der Waals surface area contributed by atoms with E-state index in [0.717, 1.165) is 18.4 Å². The molecule has 0 aliphatic heterocycles. The van der Waals surface area contributed by atoms with Crippen molar-refractivity contribution in [2.75, 3.05) is 0 Å². The van der Waals surface area contributed by atoms with E-state index in [4.69, 9.17) is 4.52 Å². The molecule has 4 heteroatoms. The minimum absolute atomic E-state index is 0.167. The molecule has 0 spiro atoms. The Morgan fingerprint density at radius 2 is 2.11 bits per heavy atom. The van der Waals surface area contributed by atoms with Crippen LogP contribution in [0, 0.1) is 6.92 Å². The first-order valence-corrected chi connectivity index (χ1v) is 6.63. The van der Waals surface area contributed by atoms with Crippen LogP contribution in [0.4, 0.5) is 0 Å². The standard InChI is InChI=1S/C15H16N2O2/c1-10-5-7-11(8-6-10)9-14-16-15(19-17-14)12-3-2-4-13(12)18/h5-8,12H,2-4,9H2,1H3. The number of aromatic nitrogens is 2. The van der Waals surface area contributed by atoms with Crippen molar-refractivity contribution in [3.63, 3.8) is 0 Å². The second-order valence-corrected chi connectivity index (χ2v) is 5.12. The summed E-state index contributed by atoms with van der Waals surface area (Å²) in [5.74, 6) is 1.20. The molecule has 0 radical (unpaired) electrons. The monoisotopic (exact) mass is 256 g/mol. The van der Waals surface area contributed by atoms with Gasteiger partial charge < -0.3 is 4.52 Å². The number of rotatable bonds is 3. The van der Waals surface area contributed by atoms with Crippen LogP contribution in [0.1, 0.15) is 48.0 Å². The number of carbonyl (C=O) groups is 1. The van der Waals surface area contributed by atoms with Crippen molar-refractivity contribution in [1.82, 2.24) is 10.1 Å². The van der Waals surface area contributed by atoms with Crippen molar-refractivity contribution in [2.45, 2.75) is 38.5 Å². The van der Waals surface area contributed by atoms with Gasteiger partial charge in [-0.1, -0.05) is 35.0 Å². The molecule has 1 aromatic heterocycles. The van der Waals surface area contributed by atoms with Gasteiger partial charge in [-0.3, -0.25) is 4.79 Å². The molecule has 1 aliphatic rings. The first-order chi connectivity index (χ1) is 9.22. The van der Waals surface area contributed by atoms with Crippen LogP contribution in [0.3, 0.4) is 0 Å². The second-order valence-electron chi connectivity index (χ2n) is 5.12. The van der Waals surface area contributed by atoms with E-state index in [0.29, 0.717) is 24.6 Å². The van der Waals surface area contributed by atoms with Gasteiger partial charge in [-0.2, -0.15) is 4.98 Å². The van der Waals surface area contributed by atoms with Gasteiger partial charge in [0.2, 0.25) is 5.89 Å². The summed E-state index contributed by atoms with van der Waals surface area (Å²) < 4.78 is 5.23. The predicted molar refractivity (Wildman–Crippen MR) is 69.9 cm³/mol. The largest absolute Gasteiger partial charge is 0.339 e. The maximum absolute atomic E-state index is 11.7. The molecule has 0 saturated heterocycles. The predicted octanol–water partition coefficient (Wildman–Crippen LogP) is 2.81. The van der Waals surface area contributed by atoms with E-state index in [1.165, 1.54) is 5.56 Å². The number of hydrogen-bond acceptors (Lipinski definition) is 4. The fraction of sp³-hybridized carbons (Fsp3) is 0.400. The molecule has 1 fully saturated rings. The summed E-state index contributed by atoms with van der Waals surface area (Å²) in [5.41, 5.74) is 2.38. The Balaban J connectivity index is 1.74. The molecule has 1 aromatic carbocycles. The lowest BCUT2D eigenvalue weighted by Crippen LogP contribution is -2.04. The average molecular weight is 256 g/mol. The molecule has 2 aromatic rings. The van der Waals surface area contributed by atoms with Gasteiger partial charge in [-0.15, -0.1) is 0 Å². The van der Waals surface area contributed by atoms with Crippen LogP contribution in [0.5, 0.6) is 0 Å². The fourth-order valence-electron chi connectivity index (χ4n) is 2.45. The quantitative estimate of drug-likeness (QED) is 0.847. The molecule has 1 heterocycles. The highest BCUT2D eigenvalue weighted by atomic mass is 16.5. The SMILES string of the molecule is Cc1ccc(Cc2noc(C3CCCC3=O)n2)cc1. The molecule has 98 valence electrons. The lowest BCUT2D eigenvalue weighted by molar-refractivity contribution is -0.119. The smallest absolute Gasteiger partial charge is 0.237 e. The molecule has 0 bridgehead atoms. The van der Waals surface area contributed by atoms with E-state index in [1.807, 2.05) is 0 Å². The highest BCUT2D eigenvalue weighted by molar-refractivity contribution is 5.86. The summed E-state index contributed by atoms with van der Waals surface area (Å²) in [6.45, 7) is 2.06. The second kappa shape index (κ2) is 4.96. The van der Waals surface area contributed by atoms with Gasteiger partial charge in [-0.05, 0) is 25.3 Å². The summed E-state index contributed by atoms with van der Waals surface area (Å²) in [7, 11) is 0. The van der Waals surface area contributed by atoms with Gasteiger partial charge in [0.05, 0.1) is 5.92 Å². The maximum atomic E-state index is 11.7. The zero-order chi connectivity index (χ0) is 13.2. The van der Waals surface area contributed by atoms with Crippen molar-refractivity contribution >= 4 is 5.78 Å². The Kier molecular flexibility index (Phi) is 3.15.